The van der Waals surface area contributed by atoms with Gasteiger partial charge in [-0.1, -0.05) is 19.3 Å². The van der Waals surface area contributed by atoms with Crippen molar-refractivity contribution < 1.29 is 19.8 Å². The van der Waals surface area contributed by atoms with Gasteiger partial charge in [0.25, 0.3) is 0 Å². The molecule has 0 aromatic heterocycles. The molecule has 1 aliphatic rings. The van der Waals surface area contributed by atoms with Gasteiger partial charge < -0.3 is 15.9 Å². The molecule has 0 aromatic rings. The lowest BCUT2D eigenvalue weighted by Crippen LogP contribution is -2.22. The summed E-state index contributed by atoms with van der Waals surface area (Å²) in [6, 6.07) is 0.536. The van der Waals surface area contributed by atoms with Crippen LogP contribution in [0.5, 0.6) is 0 Å². The van der Waals surface area contributed by atoms with Crippen molar-refractivity contribution in [3.63, 3.8) is 0 Å². The standard InChI is InChI=1S/C6H13N.C2H2O4/c7-6-4-2-1-3-5-6;3-1(4)2(5)6/h6H,1-5,7H2;(H,3,4)(H,5,6). The van der Waals surface area contributed by atoms with Crippen LogP contribution in [0, 0.1) is 0 Å². The molecule has 0 atom stereocenters. The minimum Gasteiger partial charge on any atom is -0.473 e. The number of rotatable bonds is 0. The second-order valence-corrected chi connectivity index (χ2v) is 3.01. The van der Waals surface area contributed by atoms with E-state index < -0.39 is 11.9 Å². The van der Waals surface area contributed by atoms with Gasteiger partial charge in [0.05, 0.1) is 0 Å². The van der Waals surface area contributed by atoms with Crippen molar-refractivity contribution >= 4 is 11.9 Å². The van der Waals surface area contributed by atoms with E-state index in [4.69, 9.17) is 25.5 Å². The zero-order valence-electron chi connectivity index (χ0n) is 7.40. The normalized spacial score (nSPS) is 17.0. The third-order valence-corrected chi connectivity index (χ3v) is 1.83. The van der Waals surface area contributed by atoms with E-state index in [0.29, 0.717) is 6.04 Å². The Kier molecular flexibility index (Phi) is 5.88. The SMILES string of the molecule is NC1CCCCC1.O=C(O)C(=O)O. The Bertz CT molecular complexity index is 163. The fraction of sp³-hybridized carbons (Fsp3) is 0.750. The summed E-state index contributed by atoms with van der Waals surface area (Å²) in [6.45, 7) is 0. The summed E-state index contributed by atoms with van der Waals surface area (Å²) in [6.07, 6.45) is 6.66. The van der Waals surface area contributed by atoms with Crippen LogP contribution in [-0.4, -0.2) is 28.2 Å². The summed E-state index contributed by atoms with van der Waals surface area (Å²) in [4.78, 5) is 18.2. The van der Waals surface area contributed by atoms with Crippen LogP contribution in [0.15, 0.2) is 0 Å². The van der Waals surface area contributed by atoms with Crippen LogP contribution in [0.3, 0.4) is 0 Å². The largest absolute Gasteiger partial charge is 0.473 e. The maximum atomic E-state index is 9.10. The Morgan fingerprint density at radius 2 is 1.38 bits per heavy atom. The molecule has 1 aliphatic carbocycles. The van der Waals surface area contributed by atoms with Gasteiger partial charge in [-0.15, -0.1) is 0 Å². The molecule has 0 aromatic carbocycles. The lowest BCUT2D eigenvalue weighted by molar-refractivity contribution is -0.159. The highest BCUT2D eigenvalue weighted by atomic mass is 16.4. The van der Waals surface area contributed by atoms with Gasteiger partial charge >= 0.3 is 11.9 Å². The fourth-order valence-corrected chi connectivity index (χ4v) is 1.13. The van der Waals surface area contributed by atoms with Crippen LogP contribution in [0.1, 0.15) is 32.1 Å². The number of carbonyl (C=O) groups is 2. The third kappa shape index (κ3) is 7.27. The molecule has 0 unspecified atom stereocenters. The molecule has 5 heteroatoms. The molecule has 0 saturated heterocycles. The molecule has 5 nitrogen and oxygen atoms in total. The van der Waals surface area contributed by atoms with Gasteiger partial charge in [0.1, 0.15) is 0 Å². The predicted molar refractivity (Wildman–Crippen MR) is 46.3 cm³/mol. The van der Waals surface area contributed by atoms with Crippen molar-refractivity contribution in [2.24, 2.45) is 5.73 Å². The number of carboxylic acid groups (broad SMARTS) is 2. The number of aliphatic carboxylic acids is 2. The quantitative estimate of drug-likeness (QED) is 0.480. The first-order valence-electron chi connectivity index (χ1n) is 4.26. The molecular weight excluding hydrogens is 174 g/mol. The second kappa shape index (κ2) is 6.42. The lowest BCUT2D eigenvalue weighted by atomic mass is 9.97. The molecule has 0 bridgehead atoms. The maximum absolute atomic E-state index is 9.10. The molecule has 4 N–H and O–H groups in total. The molecule has 1 saturated carbocycles. The molecule has 76 valence electrons. The first-order chi connectivity index (χ1) is 6.04. The number of hydrogen-bond acceptors (Lipinski definition) is 3. The Hall–Kier alpha value is -1.10. The average molecular weight is 189 g/mol. The molecule has 1 rings (SSSR count). The molecule has 13 heavy (non-hydrogen) atoms. The first kappa shape index (κ1) is 11.9. The van der Waals surface area contributed by atoms with Gasteiger partial charge in [0.15, 0.2) is 0 Å². The summed E-state index contributed by atoms with van der Waals surface area (Å²) in [7, 11) is 0. The number of carboxylic acids is 2. The summed E-state index contributed by atoms with van der Waals surface area (Å²) in [5.41, 5.74) is 5.63. The van der Waals surface area contributed by atoms with Crippen LogP contribution in [-0.2, 0) is 9.59 Å². The van der Waals surface area contributed by atoms with E-state index >= 15 is 0 Å². The van der Waals surface area contributed by atoms with Gasteiger partial charge in [-0.05, 0) is 12.8 Å². The Morgan fingerprint density at radius 1 is 1.00 bits per heavy atom. The zero-order valence-corrected chi connectivity index (χ0v) is 7.40. The van der Waals surface area contributed by atoms with E-state index in [1.807, 2.05) is 0 Å². The van der Waals surface area contributed by atoms with E-state index in [-0.39, 0.29) is 0 Å². The smallest absolute Gasteiger partial charge is 0.414 e. The van der Waals surface area contributed by atoms with Gasteiger partial charge in [-0.2, -0.15) is 0 Å². The highest BCUT2D eigenvalue weighted by Gasteiger charge is 2.06. The van der Waals surface area contributed by atoms with E-state index in [1.165, 1.54) is 32.1 Å². The lowest BCUT2D eigenvalue weighted by Gasteiger charge is -2.15. The minimum absolute atomic E-state index is 0.536. The minimum atomic E-state index is -1.82. The van der Waals surface area contributed by atoms with Gasteiger partial charge in [-0.25, -0.2) is 9.59 Å². The van der Waals surface area contributed by atoms with Crippen LogP contribution in [0.4, 0.5) is 0 Å². The van der Waals surface area contributed by atoms with E-state index in [9.17, 15) is 0 Å². The van der Waals surface area contributed by atoms with Crippen molar-refractivity contribution in [3.8, 4) is 0 Å². The monoisotopic (exact) mass is 189 g/mol. The van der Waals surface area contributed by atoms with Crippen molar-refractivity contribution in [2.45, 2.75) is 38.1 Å². The Labute approximate surface area is 76.5 Å². The molecule has 0 heterocycles. The Morgan fingerprint density at radius 3 is 1.54 bits per heavy atom. The maximum Gasteiger partial charge on any atom is 0.414 e. The van der Waals surface area contributed by atoms with Crippen LogP contribution >= 0.6 is 0 Å². The molecular formula is C8H15NO4. The highest BCUT2D eigenvalue weighted by Crippen LogP contribution is 2.14. The third-order valence-electron chi connectivity index (χ3n) is 1.83. The summed E-state index contributed by atoms with van der Waals surface area (Å²) >= 11 is 0. The van der Waals surface area contributed by atoms with Crippen molar-refractivity contribution in [1.29, 1.82) is 0 Å². The predicted octanol–water partition coefficient (Wildman–Crippen LogP) is 0.433. The van der Waals surface area contributed by atoms with Gasteiger partial charge in [0.2, 0.25) is 0 Å². The van der Waals surface area contributed by atoms with Gasteiger partial charge in [0, 0.05) is 6.04 Å². The molecule has 0 radical (unpaired) electrons. The number of nitrogens with two attached hydrogens (primary N) is 1. The fourth-order valence-electron chi connectivity index (χ4n) is 1.13. The zero-order chi connectivity index (χ0) is 10.3. The van der Waals surface area contributed by atoms with Crippen LogP contribution in [0.2, 0.25) is 0 Å². The van der Waals surface area contributed by atoms with E-state index in [0.717, 1.165) is 0 Å². The van der Waals surface area contributed by atoms with E-state index in [1.54, 1.807) is 0 Å². The molecule has 0 amide bonds. The number of hydrogen-bond donors (Lipinski definition) is 3. The topological polar surface area (TPSA) is 101 Å². The molecule has 0 spiro atoms. The summed E-state index contributed by atoms with van der Waals surface area (Å²) in [5.74, 6) is -3.65. The van der Waals surface area contributed by atoms with Gasteiger partial charge in [-0.3, -0.25) is 0 Å². The molecule has 0 aliphatic heterocycles. The molecule has 1 fully saturated rings. The first-order valence-corrected chi connectivity index (χ1v) is 4.26. The average Bonchev–Trinajstić information content (AvgIpc) is 2.06. The van der Waals surface area contributed by atoms with Crippen LogP contribution in [0.25, 0.3) is 0 Å². The second-order valence-electron chi connectivity index (χ2n) is 3.01. The summed E-state index contributed by atoms with van der Waals surface area (Å²) in [5, 5.41) is 14.8. The Balaban J connectivity index is 0.000000226. The van der Waals surface area contributed by atoms with Crippen LogP contribution < -0.4 is 5.73 Å². The highest BCUT2D eigenvalue weighted by molar-refractivity contribution is 6.27. The van der Waals surface area contributed by atoms with Crippen molar-refractivity contribution in [1.82, 2.24) is 0 Å². The van der Waals surface area contributed by atoms with E-state index in [2.05, 4.69) is 0 Å². The van der Waals surface area contributed by atoms with Crippen molar-refractivity contribution in [2.75, 3.05) is 0 Å². The van der Waals surface area contributed by atoms with Crippen molar-refractivity contribution in [3.05, 3.63) is 0 Å². The summed E-state index contributed by atoms with van der Waals surface area (Å²) < 4.78 is 0.